The zero-order valence-electron chi connectivity index (χ0n) is 22.7. The van der Waals surface area contributed by atoms with Gasteiger partial charge in [-0.15, -0.1) is 0 Å². The number of rotatable bonds is 11. The van der Waals surface area contributed by atoms with Gasteiger partial charge in [-0.3, -0.25) is 13.9 Å². The first-order chi connectivity index (χ1) is 18.4. The summed E-state index contributed by atoms with van der Waals surface area (Å²) in [6.07, 6.45) is 0. The number of methoxy groups -OCH3 is 1. The number of carbonyl (C=O) groups excluding carboxylic acids is 2. The summed E-state index contributed by atoms with van der Waals surface area (Å²) in [4.78, 5) is 27.9. The molecule has 0 unspecified atom stereocenters. The number of anilines is 1. The van der Waals surface area contributed by atoms with Crippen LogP contribution >= 0.6 is 0 Å². The summed E-state index contributed by atoms with van der Waals surface area (Å²) in [7, 11) is -2.71. The number of carbonyl (C=O) groups is 2. The minimum absolute atomic E-state index is 0.00275. The Morgan fingerprint density at radius 3 is 2.13 bits per heavy atom. The molecule has 3 aromatic rings. The van der Waals surface area contributed by atoms with Crippen LogP contribution in [0.2, 0.25) is 0 Å². The highest BCUT2D eigenvalue weighted by Crippen LogP contribution is 2.27. The Morgan fingerprint density at radius 1 is 0.949 bits per heavy atom. The Kier molecular flexibility index (Phi) is 9.69. The minimum Gasteiger partial charge on any atom is -0.497 e. The lowest BCUT2D eigenvalue weighted by atomic mass is 10.1. The smallest absolute Gasteiger partial charge is 0.264 e. The molecule has 3 aromatic carbocycles. The lowest BCUT2D eigenvalue weighted by Crippen LogP contribution is -2.52. The average molecular weight is 556 g/mol. The summed E-state index contributed by atoms with van der Waals surface area (Å²) in [6.45, 7) is 6.10. The molecule has 0 aliphatic rings. The number of nitrogens with zero attached hydrogens (tertiary/aromatic N) is 2. The van der Waals surface area contributed by atoms with E-state index in [0.717, 1.165) is 9.87 Å². The van der Waals surface area contributed by atoms with Crippen LogP contribution in [-0.4, -0.2) is 50.9 Å². The third-order valence-electron chi connectivity index (χ3n) is 6.15. The zero-order valence-corrected chi connectivity index (χ0v) is 23.5. The van der Waals surface area contributed by atoms with E-state index in [1.54, 1.807) is 44.2 Å². The number of amides is 2. The van der Waals surface area contributed by atoms with Gasteiger partial charge in [0, 0.05) is 18.2 Å². The van der Waals surface area contributed by atoms with Crippen LogP contribution in [0.1, 0.15) is 31.9 Å². The first-order valence-electron chi connectivity index (χ1n) is 12.5. The number of halogens is 1. The van der Waals surface area contributed by atoms with Gasteiger partial charge in [0.05, 0.1) is 17.7 Å². The molecule has 1 atom stereocenters. The van der Waals surface area contributed by atoms with Gasteiger partial charge >= 0.3 is 0 Å². The molecule has 0 aromatic heterocycles. The van der Waals surface area contributed by atoms with Gasteiger partial charge in [-0.2, -0.15) is 0 Å². The first kappa shape index (κ1) is 29.6. The normalized spacial score (nSPS) is 12.1. The van der Waals surface area contributed by atoms with E-state index < -0.39 is 40.2 Å². The van der Waals surface area contributed by atoms with Crippen LogP contribution in [-0.2, 0) is 26.2 Å². The topological polar surface area (TPSA) is 96.0 Å². The summed E-state index contributed by atoms with van der Waals surface area (Å²) in [5, 5.41) is 2.76. The van der Waals surface area contributed by atoms with Crippen LogP contribution in [0.25, 0.3) is 0 Å². The third kappa shape index (κ3) is 7.35. The number of hydrogen-bond acceptors (Lipinski definition) is 5. The molecule has 0 bridgehead atoms. The Balaban J connectivity index is 2.04. The molecule has 0 fully saturated rings. The third-order valence-corrected chi connectivity index (χ3v) is 7.93. The van der Waals surface area contributed by atoms with Gasteiger partial charge in [0.15, 0.2) is 0 Å². The number of sulfonamides is 1. The lowest BCUT2D eigenvalue weighted by molar-refractivity contribution is -0.139. The molecule has 2 amide bonds. The summed E-state index contributed by atoms with van der Waals surface area (Å²) in [5.74, 6) is -1.13. The fourth-order valence-electron chi connectivity index (χ4n) is 3.91. The Morgan fingerprint density at radius 2 is 1.56 bits per heavy atom. The maximum absolute atomic E-state index is 14.6. The molecular weight excluding hydrogens is 521 g/mol. The van der Waals surface area contributed by atoms with E-state index in [4.69, 9.17) is 4.74 Å². The van der Waals surface area contributed by atoms with Crippen molar-refractivity contribution in [2.75, 3.05) is 18.0 Å². The molecule has 0 radical (unpaired) electrons. The van der Waals surface area contributed by atoms with E-state index >= 15 is 0 Å². The lowest BCUT2D eigenvalue weighted by Gasteiger charge is -2.32. The van der Waals surface area contributed by atoms with E-state index in [-0.39, 0.29) is 28.7 Å². The molecular formula is C29H34FN3O5S. The van der Waals surface area contributed by atoms with Gasteiger partial charge in [0.25, 0.3) is 10.0 Å². The van der Waals surface area contributed by atoms with Crippen molar-refractivity contribution in [3.05, 3.63) is 89.7 Å². The van der Waals surface area contributed by atoms with Gasteiger partial charge < -0.3 is 15.0 Å². The minimum atomic E-state index is -4.19. The van der Waals surface area contributed by atoms with E-state index in [2.05, 4.69) is 5.32 Å². The number of benzene rings is 3. The van der Waals surface area contributed by atoms with Crippen LogP contribution in [0.5, 0.6) is 5.75 Å². The summed E-state index contributed by atoms with van der Waals surface area (Å²) in [6, 6.07) is 17.3. The molecule has 0 aliphatic carbocycles. The van der Waals surface area contributed by atoms with Crippen LogP contribution < -0.4 is 14.4 Å². The van der Waals surface area contributed by atoms with Gasteiger partial charge in [0.2, 0.25) is 11.8 Å². The van der Waals surface area contributed by atoms with Crippen molar-refractivity contribution >= 4 is 27.5 Å². The van der Waals surface area contributed by atoms with Crippen molar-refractivity contribution in [1.82, 2.24) is 10.2 Å². The molecule has 3 rings (SSSR count). The second-order valence-electron chi connectivity index (χ2n) is 9.48. The molecule has 8 nitrogen and oxygen atoms in total. The highest BCUT2D eigenvalue weighted by Gasteiger charge is 2.33. The van der Waals surface area contributed by atoms with Gasteiger partial charge in [-0.1, -0.05) is 35.9 Å². The average Bonchev–Trinajstić information content (AvgIpc) is 2.90. The van der Waals surface area contributed by atoms with Crippen molar-refractivity contribution < 1.29 is 27.1 Å². The van der Waals surface area contributed by atoms with Crippen LogP contribution in [0.3, 0.4) is 0 Å². The molecule has 208 valence electrons. The quantitative estimate of drug-likeness (QED) is 0.381. The molecule has 10 heteroatoms. The summed E-state index contributed by atoms with van der Waals surface area (Å²) >= 11 is 0. The summed E-state index contributed by atoms with van der Waals surface area (Å²) < 4.78 is 48.4. The molecule has 0 heterocycles. The van der Waals surface area contributed by atoms with Gasteiger partial charge in [-0.25, -0.2) is 12.8 Å². The molecule has 0 saturated carbocycles. The number of aryl methyl sites for hydroxylation is 1. The molecule has 1 N–H and O–H groups in total. The van der Waals surface area contributed by atoms with Gasteiger partial charge in [-0.05, 0) is 70.2 Å². The van der Waals surface area contributed by atoms with Crippen LogP contribution in [0.4, 0.5) is 10.1 Å². The standard InChI is InChI=1S/C29H34FN3O5S/c1-20(2)31-29(35)22(4)32(18-23-8-6-7-9-27(23)30)28(34)19-33(24-12-14-25(38-5)15-13-24)39(36,37)26-16-10-21(3)11-17-26/h6-17,20,22H,18-19H2,1-5H3,(H,31,35)/t22-/m0/s1. The summed E-state index contributed by atoms with van der Waals surface area (Å²) in [5.41, 5.74) is 1.31. The van der Waals surface area contributed by atoms with E-state index in [1.807, 2.05) is 6.92 Å². The van der Waals surface area contributed by atoms with Crippen molar-refractivity contribution in [3.8, 4) is 5.75 Å². The van der Waals surface area contributed by atoms with Gasteiger partial charge in [0.1, 0.15) is 24.2 Å². The molecule has 0 aliphatic heterocycles. The Labute approximate surface area is 229 Å². The molecule has 0 spiro atoms. The predicted octanol–water partition coefficient (Wildman–Crippen LogP) is 4.28. The first-order valence-corrected chi connectivity index (χ1v) is 13.9. The van der Waals surface area contributed by atoms with E-state index in [9.17, 15) is 22.4 Å². The second-order valence-corrected chi connectivity index (χ2v) is 11.3. The van der Waals surface area contributed by atoms with Crippen molar-refractivity contribution in [2.24, 2.45) is 0 Å². The highest BCUT2D eigenvalue weighted by molar-refractivity contribution is 7.92. The molecule has 0 saturated heterocycles. The number of hydrogen-bond donors (Lipinski definition) is 1. The van der Waals surface area contributed by atoms with Crippen molar-refractivity contribution in [1.29, 1.82) is 0 Å². The molecule has 39 heavy (non-hydrogen) atoms. The van der Waals surface area contributed by atoms with Crippen LogP contribution in [0, 0.1) is 12.7 Å². The number of ether oxygens (including phenoxy) is 1. The fraction of sp³-hybridized carbons (Fsp3) is 0.310. The van der Waals surface area contributed by atoms with E-state index in [0.29, 0.717) is 5.75 Å². The highest BCUT2D eigenvalue weighted by atomic mass is 32.2. The predicted molar refractivity (Wildman–Crippen MR) is 148 cm³/mol. The van der Waals surface area contributed by atoms with Crippen LogP contribution in [0.15, 0.2) is 77.7 Å². The maximum Gasteiger partial charge on any atom is 0.264 e. The number of nitrogens with one attached hydrogen (secondary N) is 1. The monoisotopic (exact) mass is 555 g/mol. The SMILES string of the molecule is COc1ccc(N(CC(=O)N(Cc2ccccc2F)[C@@H](C)C(=O)NC(C)C)S(=O)(=O)c2ccc(C)cc2)cc1. The van der Waals surface area contributed by atoms with Crippen molar-refractivity contribution in [2.45, 2.75) is 51.2 Å². The second kappa shape index (κ2) is 12.8. The Hall–Kier alpha value is -3.92. The Bertz CT molecular complexity index is 1390. The zero-order chi connectivity index (χ0) is 28.7. The fourth-order valence-corrected chi connectivity index (χ4v) is 5.33. The van der Waals surface area contributed by atoms with E-state index in [1.165, 1.54) is 61.4 Å². The van der Waals surface area contributed by atoms with Crippen molar-refractivity contribution in [3.63, 3.8) is 0 Å². The maximum atomic E-state index is 14.6. The largest absolute Gasteiger partial charge is 0.497 e.